The summed E-state index contributed by atoms with van der Waals surface area (Å²) in [6.45, 7) is 6.34. The Morgan fingerprint density at radius 1 is 0.952 bits per heavy atom. The largest absolute Gasteiger partial charge is 0.253 e. The summed E-state index contributed by atoms with van der Waals surface area (Å²) >= 11 is 6.66. The molecule has 0 unspecified atom stereocenters. The molecule has 0 aliphatic carbocycles. The molecule has 0 aliphatic heterocycles. The number of hydrogen-bond donors (Lipinski definition) is 0. The second-order valence-corrected chi connectivity index (χ2v) is 6.06. The van der Waals surface area contributed by atoms with E-state index in [2.05, 4.69) is 44.2 Å². The molecule has 0 amide bonds. The summed E-state index contributed by atoms with van der Waals surface area (Å²) in [4.78, 5) is 4.71. The van der Waals surface area contributed by atoms with Crippen molar-refractivity contribution in [1.29, 1.82) is 0 Å². The summed E-state index contributed by atoms with van der Waals surface area (Å²) in [5.41, 5.74) is 5.50. The summed E-state index contributed by atoms with van der Waals surface area (Å²) in [5, 5.41) is 1.87. The van der Waals surface area contributed by atoms with Crippen molar-refractivity contribution in [3.05, 3.63) is 64.8 Å². The van der Waals surface area contributed by atoms with Crippen LogP contribution in [0.25, 0.3) is 22.0 Å². The zero-order valence-corrected chi connectivity index (χ0v) is 13.3. The Labute approximate surface area is 130 Å². The van der Waals surface area contributed by atoms with Gasteiger partial charge in [-0.15, -0.1) is 0 Å². The molecule has 1 heterocycles. The Morgan fingerprint density at radius 2 is 1.67 bits per heavy atom. The summed E-state index contributed by atoms with van der Waals surface area (Å²) in [6, 6.07) is 16.7. The Kier molecular flexibility index (Phi) is 3.69. The van der Waals surface area contributed by atoms with E-state index in [1.54, 1.807) is 0 Å². The van der Waals surface area contributed by atoms with Crippen molar-refractivity contribution in [3.63, 3.8) is 0 Å². The lowest BCUT2D eigenvalue weighted by Gasteiger charge is -2.14. The summed E-state index contributed by atoms with van der Waals surface area (Å²) in [5.74, 6) is 0.370. The fraction of sp³-hybridized carbons (Fsp3) is 0.211. The monoisotopic (exact) mass is 295 g/mol. The molecule has 21 heavy (non-hydrogen) atoms. The Hall–Kier alpha value is -1.86. The number of benzene rings is 2. The molecule has 3 aromatic rings. The minimum absolute atomic E-state index is 0.370. The fourth-order valence-electron chi connectivity index (χ4n) is 2.84. The van der Waals surface area contributed by atoms with Gasteiger partial charge in [-0.2, -0.15) is 0 Å². The van der Waals surface area contributed by atoms with Crippen LogP contribution in [0.3, 0.4) is 0 Å². The molecule has 0 N–H and O–H groups in total. The first kappa shape index (κ1) is 14.1. The van der Waals surface area contributed by atoms with E-state index in [9.17, 15) is 0 Å². The predicted molar refractivity (Wildman–Crippen MR) is 91.0 cm³/mol. The van der Waals surface area contributed by atoms with Gasteiger partial charge in [0.1, 0.15) is 0 Å². The van der Waals surface area contributed by atoms with E-state index in [-0.39, 0.29) is 0 Å². The van der Waals surface area contributed by atoms with E-state index in [1.807, 2.05) is 25.1 Å². The molecule has 0 spiro atoms. The molecule has 0 atom stereocenters. The Bertz CT molecular complexity index is 792. The molecule has 106 valence electrons. The minimum atomic E-state index is 0.370. The Morgan fingerprint density at radius 3 is 2.33 bits per heavy atom. The summed E-state index contributed by atoms with van der Waals surface area (Å²) in [7, 11) is 0. The molecule has 0 radical (unpaired) electrons. The van der Waals surface area contributed by atoms with Crippen LogP contribution in [0.2, 0.25) is 5.02 Å². The highest BCUT2D eigenvalue weighted by Crippen LogP contribution is 2.35. The number of pyridine rings is 1. The third-order valence-corrected chi connectivity index (χ3v) is 4.24. The highest BCUT2D eigenvalue weighted by molar-refractivity contribution is 6.36. The molecule has 0 aliphatic rings. The smallest absolute Gasteiger partial charge is 0.0720 e. The van der Waals surface area contributed by atoms with Crippen LogP contribution in [0.5, 0.6) is 0 Å². The van der Waals surface area contributed by atoms with Gasteiger partial charge in [0.25, 0.3) is 0 Å². The molecule has 3 rings (SSSR count). The van der Waals surface area contributed by atoms with Crippen LogP contribution in [0, 0.1) is 6.92 Å². The molecular formula is C19H18ClN. The van der Waals surface area contributed by atoms with Crippen molar-refractivity contribution >= 4 is 22.5 Å². The molecule has 1 nitrogen and oxygen atoms in total. The van der Waals surface area contributed by atoms with E-state index in [0.29, 0.717) is 5.92 Å². The van der Waals surface area contributed by atoms with Crippen LogP contribution < -0.4 is 0 Å². The van der Waals surface area contributed by atoms with Crippen molar-refractivity contribution in [2.45, 2.75) is 26.7 Å². The first-order valence-electron chi connectivity index (χ1n) is 7.23. The van der Waals surface area contributed by atoms with E-state index >= 15 is 0 Å². The summed E-state index contributed by atoms with van der Waals surface area (Å²) < 4.78 is 0. The minimum Gasteiger partial charge on any atom is -0.253 e. The first-order chi connectivity index (χ1) is 10.1. The van der Waals surface area contributed by atoms with Crippen molar-refractivity contribution in [3.8, 4) is 11.1 Å². The first-order valence-corrected chi connectivity index (χ1v) is 7.61. The third kappa shape index (κ3) is 2.54. The van der Waals surface area contributed by atoms with E-state index in [1.165, 1.54) is 11.1 Å². The molecule has 1 aromatic heterocycles. The number of nitrogens with zero attached hydrogens (tertiary/aromatic N) is 1. The summed E-state index contributed by atoms with van der Waals surface area (Å²) in [6.07, 6.45) is 0. The average molecular weight is 296 g/mol. The van der Waals surface area contributed by atoms with Gasteiger partial charge in [-0.1, -0.05) is 61.8 Å². The number of hydrogen-bond acceptors (Lipinski definition) is 1. The van der Waals surface area contributed by atoms with Crippen LogP contribution in [0.4, 0.5) is 0 Å². The van der Waals surface area contributed by atoms with Gasteiger partial charge in [0.05, 0.1) is 10.5 Å². The van der Waals surface area contributed by atoms with E-state index in [0.717, 1.165) is 27.2 Å². The highest BCUT2D eigenvalue weighted by Gasteiger charge is 2.14. The van der Waals surface area contributed by atoms with Crippen molar-refractivity contribution in [2.24, 2.45) is 0 Å². The van der Waals surface area contributed by atoms with Gasteiger partial charge in [0, 0.05) is 11.1 Å². The highest BCUT2D eigenvalue weighted by atomic mass is 35.5. The second-order valence-electron chi connectivity index (χ2n) is 5.68. The SMILES string of the molecule is Cc1nc2ccc(-c3ccccc3)cc2c(Cl)c1C(C)C. The van der Waals surface area contributed by atoms with E-state index in [4.69, 9.17) is 16.6 Å². The molecule has 2 aromatic carbocycles. The Balaban J connectivity index is 2.26. The molecule has 0 saturated carbocycles. The lowest BCUT2D eigenvalue weighted by Crippen LogP contribution is -1.98. The van der Waals surface area contributed by atoms with Gasteiger partial charge in [-0.05, 0) is 41.7 Å². The third-order valence-electron chi connectivity index (χ3n) is 3.83. The average Bonchev–Trinajstić information content (AvgIpc) is 2.47. The second kappa shape index (κ2) is 5.50. The fourth-order valence-corrected chi connectivity index (χ4v) is 3.34. The van der Waals surface area contributed by atoms with Gasteiger partial charge < -0.3 is 0 Å². The van der Waals surface area contributed by atoms with Crippen LogP contribution in [0.15, 0.2) is 48.5 Å². The maximum absolute atomic E-state index is 6.66. The number of halogens is 1. The van der Waals surface area contributed by atoms with Crippen LogP contribution in [-0.4, -0.2) is 4.98 Å². The van der Waals surface area contributed by atoms with Gasteiger partial charge in [-0.25, -0.2) is 0 Å². The zero-order chi connectivity index (χ0) is 15.0. The van der Waals surface area contributed by atoms with Gasteiger partial charge >= 0.3 is 0 Å². The molecule has 0 fully saturated rings. The number of aryl methyl sites for hydroxylation is 1. The topological polar surface area (TPSA) is 12.9 Å². The standard InChI is InChI=1S/C19H18ClN/c1-12(2)18-13(3)21-17-10-9-15(11-16(17)19(18)20)14-7-5-4-6-8-14/h4-12H,1-3H3. The van der Waals surface area contributed by atoms with Crippen LogP contribution >= 0.6 is 11.6 Å². The molecule has 0 bridgehead atoms. The van der Waals surface area contributed by atoms with Crippen molar-refractivity contribution < 1.29 is 0 Å². The normalized spacial score (nSPS) is 11.3. The quantitative estimate of drug-likeness (QED) is 0.566. The van der Waals surface area contributed by atoms with Crippen molar-refractivity contribution in [1.82, 2.24) is 4.98 Å². The lowest BCUT2D eigenvalue weighted by atomic mass is 9.97. The zero-order valence-electron chi connectivity index (χ0n) is 12.5. The van der Waals surface area contributed by atoms with Crippen LogP contribution in [-0.2, 0) is 0 Å². The number of fused-ring (bicyclic) bond motifs is 1. The van der Waals surface area contributed by atoms with Crippen molar-refractivity contribution in [2.75, 3.05) is 0 Å². The number of aromatic nitrogens is 1. The molecule has 2 heteroatoms. The predicted octanol–water partition coefficient (Wildman–Crippen LogP) is 5.99. The molecule has 0 saturated heterocycles. The molecular weight excluding hydrogens is 278 g/mol. The van der Waals surface area contributed by atoms with Gasteiger partial charge in [0.2, 0.25) is 0 Å². The maximum Gasteiger partial charge on any atom is 0.0720 e. The van der Waals surface area contributed by atoms with E-state index < -0.39 is 0 Å². The number of rotatable bonds is 2. The van der Waals surface area contributed by atoms with Gasteiger partial charge in [-0.3, -0.25) is 4.98 Å². The van der Waals surface area contributed by atoms with Crippen LogP contribution in [0.1, 0.15) is 31.0 Å². The van der Waals surface area contributed by atoms with Gasteiger partial charge in [0.15, 0.2) is 0 Å². The maximum atomic E-state index is 6.66. The lowest BCUT2D eigenvalue weighted by molar-refractivity contribution is 0.848.